The molecule has 0 radical (unpaired) electrons. The summed E-state index contributed by atoms with van der Waals surface area (Å²) in [5, 5.41) is 11.4. The van der Waals surface area contributed by atoms with Gasteiger partial charge in [-0.1, -0.05) is 6.07 Å². The number of carbonyl (C=O) groups excluding carboxylic acids is 1. The Morgan fingerprint density at radius 2 is 2.22 bits per heavy atom. The van der Waals surface area contributed by atoms with E-state index in [-0.39, 0.29) is 0 Å². The molecule has 1 aromatic heterocycles. The van der Waals surface area contributed by atoms with Crippen LogP contribution in [0.3, 0.4) is 0 Å². The van der Waals surface area contributed by atoms with E-state index >= 15 is 0 Å². The molecule has 6 nitrogen and oxygen atoms in total. The first kappa shape index (κ1) is 16.8. The third kappa shape index (κ3) is 4.00. The number of carbonyl (C=O) groups is 1. The molecule has 0 bridgehead atoms. The summed E-state index contributed by atoms with van der Waals surface area (Å²) in [5.74, 6) is -1.90. The number of nitrogens with zero attached hydrogens (tertiary/aromatic N) is 2. The van der Waals surface area contributed by atoms with Gasteiger partial charge in [0.1, 0.15) is 22.3 Å². The second-order valence-corrected chi connectivity index (χ2v) is 7.03. The maximum Gasteiger partial charge on any atom is 0.265 e. The highest BCUT2D eigenvalue weighted by Gasteiger charge is 2.22. The minimum absolute atomic E-state index is 0.517. The third-order valence-corrected chi connectivity index (χ3v) is 4.83. The molecule has 0 saturated heterocycles. The molecule has 0 aliphatic heterocycles. The van der Waals surface area contributed by atoms with Crippen LogP contribution in [0.25, 0.3) is 6.08 Å². The molecular formula is C14H10FN3O3S2. The molecule has 2 aromatic rings. The van der Waals surface area contributed by atoms with Crippen LogP contribution in [0, 0.1) is 24.1 Å². The average Bonchev–Trinajstić information content (AvgIpc) is 2.90. The van der Waals surface area contributed by atoms with Crippen molar-refractivity contribution in [2.75, 3.05) is 0 Å². The number of benzene rings is 1. The minimum Gasteiger partial charge on any atom is -0.269 e. The summed E-state index contributed by atoms with van der Waals surface area (Å²) < 4.78 is 39.4. The third-order valence-electron chi connectivity index (χ3n) is 2.65. The van der Waals surface area contributed by atoms with Crippen LogP contribution in [0.15, 0.2) is 34.6 Å². The Balaban J connectivity index is 2.22. The van der Waals surface area contributed by atoms with E-state index in [2.05, 4.69) is 4.98 Å². The van der Waals surface area contributed by atoms with Crippen LogP contribution in [0.4, 0.5) is 4.39 Å². The smallest absolute Gasteiger partial charge is 0.265 e. The van der Waals surface area contributed by atoms with E-state index in [1.54, 1.807) is 17.0 Å². The van der Waals surface area contributed by atoms with Crippen LogP contribution in [0.1, 0.15) is 16.3 Å². The zero-order chi connectivity index (χ0) is 17.0. The Morgan fingerprint density at radius 1 is 1.48 bits per heavy atom. The lowest BCUT2D eigenvalue weighted by Gasteiger charge is -2.06. The molecule has 0 unspecified atom stereocenters. The topological polar surface area (TPSA) is 99.9 Å². The van der Waals surface area contributed by atoms with E-state index in [1.807, 2.05) is 0 Å². The zero-order valence-electron chi connectivity index (χ0n) is 11.8. The maximum atomic E-state index is 13.5. The van der Waals surface area contributed by atoms with Crippen molar-refractivity contribution in [2.45, 2.75) is 11.8 Å². The van der Waals surface area contributed by atoms with E-state index in [1.165, 1.54) is 23.5 Å². The van der Waals surface area contributed by atoms with Gasteiger partial charge in [0.25, 0.3) is 15.9 Å². The van der Waals surface area contributed by atoms with Crippen LogP contribution >= 0.6 is 11.3 Å². The number of nitriles is 1. The van der Waals surface area contributed by atoms with Gasteiger partial charge < -0.3 is 0 Å². The van der Waals surface area contributed by atoms with Crippen molar-refractivity contribution in [1.82, 2.24) is 9.71 Å². The molecule has 118 valence electrons. The Labute approximate surface area is 136 Å². The fraction of sp³-hybridized carbons (Fsp3) is 0.0714. The molecule has 0 atom stereocenters. The lowest BCUT2D eigenvalue weighted by Crippen LogP contribution is -2.29. The molecule has 0 aliphatic rings. The van der Waals surface area contributed by atoms with E-state index in [0.717, 1.165) is 29.3 Å². The number of nitrogens with one attached hydrogen (secondary N) is 1. The largest absolute Gasteiger partial charge is 0.269 e. The fourth-order valence-electron chi connectivity index (χ4n) is 1.68. The molecule has 1 aromatic carbocycles. The van der Waals surface area contributed by atoms with Gasteiger partial charge in [-0.25, -0.2) is 22.5 Å². The van der Waals surface area contributed by atoms with Crippen LogP contribution in [0.5, 0.6) is 0 Å². The molecule has 1 heterocycles. The monoisotopic (exact) mass is 351 g/mol. The van der Waals surface area contributed by atoms with E-state index in [0.29, 0.717) is 5.69 Å². The second kappa shape index (κ2) is 6.68. The van der Waals surface area contributed by atoms with Gasteiger partial charge in [0, 0.05) is 11.5 Å². The molecule has 1 N–H and O–H groups in total. The minimum atomic E-state index is -4.36. The number of aryl methyl sites for hydroxylation is 1. The van der Waals surface area contributed by atoms with Crippen LogP contribution in [-0.4, -0.2) is 19.3 Å². The van der Waals surface area contributed by atoms with Crippen molar-refractivity contribution in [3.8, 4) is 6.07 Å². The summed E-state index contributed by atoms with van der Waals surface area (Å²) >= 11 is 1.38. The number of aromatic nitrogens is 1. The number of rotatable bonds is 4. The molecule has 0 saturated carbocycles. The normalized spacial score (nSPS) is 11.3. The van der Waals surface area contributed by atoms with Gasteiger partial charge in [0.2, 0.25) is 0 Å². The highest BCUT2D eigenvalue weighted by molar-refractivity contribution is 7.90. The Hall–Kier alpha value is -2.57. The predicted octanol–water partition coefficient (Wildman–Crippen LogP) is 1.98. The summed E-state index contributed by atoms with van der Waals surface area (Å²) in [6, 6.07) is 4.62. The van der Waals surface area contributed by atoms with Gasteiger partial charge in [-0.3, -0.25) is 4.79 Å². The Morgan fingerprint density at radius 3 is 2.83 bits per heavy atom. The van der Waals surface area contributed by atoms with Gasteiger partial charge in [-0.05, 0) is 25.1 Å². The highest BCUT2D eigenvalue weighted by Crippen LogP contribution is 2.17. The van der Waals surface area contributed by atoms with E-state index < -0.39 is 32.2 Å². The number of hydrogen-bond acceptors (Lipinski definition) is 6. The number of thiazole rings is 1. The van der Waals surface area contributed by atoms with Crippen molar-refractivity contribution in [3.63, 3.8) is 0 Å². The van der Waals surface area contributed by atoms with Gasteiger partial charge in [0.05, 0.1) is 10.7 Å². The van der Waals surface area contributed by atoms with E-state index in [4.69, 9.17) is 5.26 Å². The molecule has 2 rings (SSSR count). The van der Waals surface area contributed by atoms with Gasteiger partial charge >= 0.3 is 0 Å². The van der Waals surface area contributed by atoms with Crippen LogP contribution in [0.2, 0.25) is 0 Å². The summed E-state index contributed by atoms with van der Waals surface area (Å²) in [6.07, 6.45) is 2.35. The predicted molar refractivity (Wildman–Crippen MR) is 82.3 cm³/mol. The number of amides is 1. The van der Waals surface area contributed by atoms with Gasteiger partial charge in [-0.2, -0.15) is 5.26 Å². The first-order chi connectivity index (χ1) is 10.8. The molecule has 1 amide bonds. The summed E-state index contributed by atoms with van der Waals surface area (Å²) in [4.78, 5) is 15.2. The summed E-state index contributed by atoms with van der Waals surface area (Å²) in [5.41, 5.74) is -0.129. The van der Waals surface area contributed by atoms with Gasteiger partial charge in [-0.15, -0.1) is 11.3 Å². The lowest BCUT2D eigenvalue weighted by atomic mass is 10.2. The SMILES string of the molecule is Cc1nc(C=CC(=O)NS(=O)(=O)c2cccc(F)c2C#N)cs1. The summed E-state index contributed by atoms with van der Waals surface area (Å²) in [6.45, 7) is 1.79. The first-order valence-electron chi connectivity index (χ1n) is 6.19. The molecular weight excluding hydrogens is 341 g/mol. The summed E-state index contributed by atoms with van der Waals surface area (Å²) in [7, 11) is -4.36. The number of sulfonamides is 1. The standard InChI is InChI=1S/C14H10FN3O3S2/c1-9-17-10(8-22-9)5-6-14(19)18-23(20,21)13-4-2-3-12(15)11(13)7-16/h2-6,8H,1H3,(H,18,19). The zero-order valence-corrected chi connectivity index (χ0v) is 13.4. The van der Waals surface area contributed by atoms with Crippen molar-refractivity contribution in [2.24, 2.45) is 0 Å². The van der Waals surface area contributed by atoms with Crippen LogP contribution < -0.4 is 4.72 Å². The Kier molecular flexibility index (Phi) is 4.88. The maximum absolute atomic E-state index is 13.5. The van der Waals surface area contributed by atoms with Crippen molar-refractivity contribution in [1.29, 1.82) is 5.26 Å². The second-order valence-electron chi connectivity index (χ2n) is 4.32. The molecule has 9 heteroatoms. The van der Waals surface area contributed by atoms with Crippen molar-refractivity contribution < 1.29 is 17.6 Å². The lowest BCUT2D eigenvalue weighted by molar-refractivity contribution is -0.114. The molecule has 0 fully saturated rings. The molecule has 0 aliphatic carbocycles. The molecule has 0 spiro atoms. The average molecular weight is 351 g/mol. The molecule has 23 heavy (non-hydrogen) atoms. The van der Waals surface area contributed by atoms with Gasteiger partial charge in [0.15, 0.2) is 0 Å². The number of halogens is 1. The van der Waals surface area contributed by atoms with Crippen molar-refractivity contribution in [3.05, 3.63) is 51.7 Å². The van der Waals surface area contributed by atoms with Crippen molar-refractivity contribution >= 4 is 33.3 Å². The quantitative estimate of drug-likeness (QED) is 0.849. The number of hydrogen-bond donors (Lipinski definition) is 1. The Bertz CT molecular complexity index is 927. The van der Waals surface area contributed by atoms with Crippen LogP contribution in [-0.2, 0) is 14.8 Å². The fourth-order valence-corrected chi connectivity index (χ4v) is 3.37. The first-order valence-corrected chi connectivity index (χ1v) is 8.55. The highest BCUT2D eigenvalue weighted by atomic mass is 32.2. The van der Waals surface area contributed by atoms with E-state index in [9.17, 15) is 17.6 Å².